The molecular weight excluding hydrogens is 243 g/mol. The minimum atomic E-state index is -0.207. The van der Waals surface area contributed by atoms with Gasteiger partial charge in [0.1, 0.15) is 5.82 Å². The molecule has 0 aromatic heterocycles. The minimum absolute atomic E-state index is 0.207. The molecule has 1 aromatic carbocycles. The molecule has 1 aliphatic heterocycles. The van der Waals surface area contributed by atoms with E-state index in [2.05, 4.69) is 4.90 Å². The number of piperidine rings is 1. The van der Waals surface area contributed by atoms with Gasteiger partial charge in [0, 0.05) is 38.3 Å². The van der Waals surface area contributed by atoms with Crippen LogP contribution >= 0.6 is 0 Å². The predicted octanol–water partition coefficient (Wildman–Crippen LogP) is 2.29. The van der Waals surface area contributed by atoms with Gasteiger partial charge in [-0.25, -0.2) is 4.39 Å². The molecule has 3 nitrogen and oxygen atoms in total. The Balaban J connectivity index is 1.88. The second kappa shape index (κ2) is 6.98. The van der Waals surface area contributed by atoms with Crippen molar-refractivity contribution in [3.63, 3.8) is 0 Å². The van der Waals surface area contributed by atoms with E-state index in [1.165, 1.54) is 6.07 Å². The molecule has 0 amide bonds. The molecular formula is C15H23FN2O. The Labute approximate surface area is 114 Å². The first-order chi connectivity index (χ1) is 9.22. The van der Waals surface area contributed by atoms with Crippen LogP contribution in [0.3, 0.4) is 0 Å². The third-order valence-electron chi connectivity index (χ3n) is 3.67. The number of nitrogens with zero attached hydrogens (tertiary/aromatic N) is 1. The van der Waals surface area contributed by atoms with Gasteiger partial charge in [-0.1, -0.05) is 12.1 Å². The number of likely N-dealkylation sites (tertiary alicyclic amines) is 1. The fourth-order valence-electron chi connectivity index (χ4n) is 2.61. The van der Waals surface area contributed by atoms with E-state index in [0.29, 0.717) is 11.7 Å². The maximum Gasteiger partial charge on any atom is 0.127 e. The molecule has 1 aliphatic rings. The van der Waals surface area contributed by atoms with Crippen molar-refractivity contribution in [2.24, 2.45) is 5.73 Å². The zero-order valence-corrected chi connectivity index (χ0v) is 11.6. The van der Waals surface area contributed by atoms with Gasteiger partial charge in [-0.2, -0.15) is 0 Å². The van der Waals surface area contributed by atoms with Crippen molar-refractivity contribution in [3.8, 4) is 0 Å². The summed E-state index contributed by atoms with van der Waals surface area (Å²) in [6.45, 7) is 6.04. The summed E-state index contributed by atoms with van der Waals surface area (Å²) in [5.74, 6) is -0.207. The Morgan fingerprint density at radius 1 is 1.37 bits per heavy atom. The first kappa shape index (κ1) is 14.4. The van der Waals surface area contributed by atoms with E-state index in [9.17, 15) is 4.39 Å². The minimum Gasteiger partial charge on any atom is -0.378 e. The molecule has 0 spiro atoms. The lowest BCUT2D eigenvalue weighted by Crippen LogP contribution is -2.36. The Kier molecular flexibility index (Phi) is 5.31. The Bertz CT molecular complexity index is 403. The largest absolute Gasteiger partial charge is 0.378 e. The number of hydrogen-bond donors (Lipinski definition) is 1. The van der Waals surface area contributed by atoms with Crippen molar-refractivity contribution < 1.29 is 9.13 Å². The monoisotopic (exact) mass is 266 g/mol. The molecule has 4 heteroatoms. The highest BCUT2D eigenvalue weighted by Gasteiger charge is 2.19. The highest BCUT2D eigenvalue weighted by Crippen LogP contribution is 2.17. The van der Waals surface area contributed by atoms with E-state index >= 15 is 0 Å². The molecule has 1 aromatic rings. The highest BCUT2D eigenvalue weighted by molar-refractivity contribution is 5.25. The van der Waals surface area contributed by atoms with Crippen LogP contribution in [0.2, 0.25) is 0 Å². The number of rotatable bonds is 5. The Morgan fingerprint density at radius 2 is 2.11 bits per heavy atom. The van der Waals surface area contributed by atoms with Crippen LogP contribution in [0, 0.1) is 5.82 Å². The summed E-state index contributed by atoms with van der Waals surface area (Å²) in [4.78, 5) is 2.39. The van der Waals surface area contributed by atoms with Gasteiger partial charge in [0.15, 0.2) is 0 Å². The lowest BCUT2D eigenvalue weighted by molar-refractivity contribution is 0.0125. The molecule has 0 unspecified atom stereocenters. The summed E-state index contributed by atoms with van der Waals surface area (Å²) in [5.41, 5.74) is 7.27. The second-order valence-corrected chi connectivity index (χ2v) is 5.06. The Morgan fingerprint density at radius 3 is 2.74 bits per heavy atom. The average molecular weight is 266 g/mol. The normalized spacial score (nSPS) is 17.8. The molecule has 0 bridgehead atoms. The highest BCUT2D eigenvalue weighted by atomic mass is 19.1. The van der Waals surface area contributed by atoms with Gasteiger partial charge >= 0.3 is 0 Å². The standard InChI is InChI=1S/C15H23FN2O/c1-2-19-14-5-7-18(8-6-14)11-12-3-4-15(16)13(9-12)10-17/h3-4,9,14H,2,5-8,10-11,17H2,1H3. The SMILES string of the molecule is CCOC1CCN(Cc2ccc(F)c(CN)c2)CC1. The third kappa shape index (κ3) is 4.00. The fraction of sp³-hybridized carbons (Fsp3) is 0.600. The van der Waals surface area contributed by atoms with Gasteiger partial charge in [0.2, 0.25) is 0 Å². The fourth-order valence-corrected chi connectivity index (χ4v) is 2.61. The quantitative estimate of drug-likeness (QED) is 0.888. The van der Waals surface area contributed by atoms with Gasteiger partial charge in [0.05, 0.1) is 6.10 Å². The molecule has 2 rings (SSSR count). The van der Waals surface area contributed by atoms with E-state index in [1.807, 2.05) is 19.1 Å². The van der Waals surface area contributed by atoms with Crippen LogP contribution in [-0.4, -0.2) is 30.7 Å². The number of halogens is 1. The zero-order valence-electron chi connectivity index (χ0n) is 11.6. The summed E-state index contributed by atoms with van der Waals surface area (Å²) in [7, 11) is 0. The van der Waals surface area contributed by atoms with Crippen molar-refractivity contribution in [1.29, 1.82) is 0 Å². The first-order valence-electron chi connectivity index (χ1n) is 7.04. The topological polar surface area (TPSA) is 38.5 Å². The molecule has 19 heavy (non-hydrogen) atoms. The van der Waals surface area contributed by atoms with Crippen LogP contribution in [0.1, 0.15) is 30.9 Å². The van der Waals surface area contributed by atoms with E-state index in [4.69, 9.17) is 10.5 Å². The third-order valence-corrected chi connectivity index (χ3v) is 3.67. The lowest BCUT2D eigenvalue weighted by Gasteiger charge is -2.31. The summed E-state index contributed by atoms with van der Waals surface area (Å²) in [6.07, 6.45) is 2.58. The van der Waals surface area contributed by atoms with Gasteiger partial charge in [-0.3, -0.25) is 4.90 Å². The molecule has 0 aliphatic carbocycles. The molecule has 106 valence electrons. The van der Waals surface area contributed by atoms with Crippen molar-refractivity contribution in [2.75, 3.05) is 19.7 Å². The number of nitrogens with two attached hydrogens (primary N) is 1. The van der Waals surface area contributed by atoms with Crippen molar-refractivity contribution in [2.45, 2.75) is 39.0 Å². The van der Waals surface area contributed by atoms with E-state index in [0.717, 1.165) is 44.6 Å². The van der Waals surface area contributed by atoms with Crippen LogP contribution in [0.4, 0.5) is 4.39 Å². The Hall–Kier alpha value is -0.970. The summed E-state index contributed by atoms with van der Waals surface area (Å²) in [5, 5.41) is 0. The molecule has 1 heterocycles. The molecule has 1 fully saturated rings. The van der Waals surface area contributed by atoms with Crippen molar-refractivity contribution >= 4 is 0 Å². The number of ether oxygens (including phenoxy) is 1. The summed E-state index contributed by atoms with van der Waals surface area (Å²) in [6, 6.07) is 5.25. The average Bonchev–Trinajstić information content (AvgIpc) is 2.43. The predicted molar refractivity (Wildman–Crippen MR) is 74.2 cm³/mol. The lowest BCUT2D eigenvalue weighted by atomic mass is 10.1. The molecule has 0 saturated carbocycles. The molecule has 0 atom stereocenters. The smallest absolute Gasteiger partial charge is 0.127 e. The summed E-state index contributed by atoms with van der Waals surface area (Å²) >= 11 is 0. The summed E-state index contributed by atoms with van der Waals surface area (Å²) < 4.78 is 19.0. The van der Waals surface area contributed by atoms with Gasteiger partial charge in [0.25, 0.3) is 0 Å². The van der Waals surface area contributed by atoms with E-state index in [1.54, 1.807) is 0 Å². The van der Waals surface area contributed by atoms with Crippen molar-refractivity contribution in [3.05, 3.63) is 35.1 Å². The van der Waals surface area contributed by atoms with Crippen LogP contribution in [-0.2, 0) is 17.8 Å². The second-order valence-electron chi connectivity index (χ2n) is 5.06. The maximum absolute atomic E-state index is 13.4. The number of benzene rings is 1. The van der Waals surface area contributed by atoms with Gasteiger partial charge < -0.3 is 10.5 Å². The number of hydrogen-bond acceptors (Lipinski definition) is 3. The molecule has 2 N–H and O–H groups in total. The molecule has 0 radical (unpaired) electrons. The van der Waals surface area contributed by atoms with Crippen molar-refractivity contribution in [1.82, 2.24) is 4.90 Å². The maximum atomic E-state index is 13.4. The van der Waals surface area contributed by atoms with Gasteiger partial charge in [-0.05, 0) is 31.4 Å². The van der Waals surface area contributed by atoms with Crippen LogP contribution < -0.4 is 5.73 Å². The molecule has 1 saturated heterocycles. The van der Waals surface area contributed by atoms with Crippen LogP contribution in [0.5, 0.6) is 0 Å². The van der Waals surface area contributed by atoms with Crippen LogP contribution in [0.15, 0.2) is 18.2 Å². The van der Waals surface area contributed by atoms with Gasteiger partial charge in [-0.15, -0.1) is 0 Å². The van der Waals surface area contributed by atoms with E-state index < -0.39 is 0 Å². The van der Waals surface area contributed by atoms with Crippen LogP contribution in [0.25, 0.3) is 0 Å². The first-order valence-corrected chi connectivity index (χ1v) is 7.04. The zero-order chi connectivity index (χ0) is 13.7. The van der Waals surface area contributed by atoms with E-state index in [-0.39, 0.29) is 12.4 Å².